The number of allylic oxidation sites excluding steroid dienone is 2. The number of benzene rings is 1. The molecule has 5 heterocycles. The Balaban J connectivity index is 1.24. The standard InChI is InChI=1S/C39H42FN11O5/c1-5-50-31(15-23(3)46-50)38(55)45-39-44-28-16-26(36(41)54)18-33(56-21-25-8-9-25)35(28)49(39)12-7-6-11-48-34(43-29-17-27(24(4)52)20-42-37(29)48)19-32(53)30-14-22(2)47-51(30)13-10-40/h6-7,14-18,20,25H,5,8-13,19,21H2,1-4H3,(H2,41,54)(H,44,45,55)/b7-6+. The van der Waals surface area contributed by atoms with Crippen molar-refractivity contribution in [2.45, 2.75) is 73.1 Å². The molecule has 3 N–H and O–H groups in total. The van der Waals surface area contributed by atoms with E-state index in [2.05, 4.69) is 20.5 Å². The third kappa shape index (κ3) is 7.83. The number of primary amides is 1. The first kappa shape index (κ1) is 37.8. The molecule has 1 saturated carbocycles. The number of halogens is 1. The van der Waals surface area contributed by atoms with Gasteiger partial charge in [-0.25, -0.2) is 19.3 Å². The van der Waals surface area contributed by atoms with Gasteiger partial charge in [0.1, 0.15) is 40.7 Å². The van der Waals surface area contributed by atoms with Crippen LogP contribution >= 0.6 is 0 Å². The Hall–Kier alpha value is -6.52. The van der Waals surface area contributed by atoms with E-state index in [1.807, 2.05) is 26.0 Å². The predicted molar refractivity (Wildman–Crippen MR) is 205 cm³/mol. The van der Waals surface area contributed by atoms with E-state index in [0.29, 0.717) is 75.5 Å². The zero-order valence-electron chi connectivity index (χ0n) is 31.6. The Morgan fingerprint density at radius 3 is 2.30 bits per heavy atom. The van der Waals surface area contributed by atoms with E-state index < -0.39 is 18.5 Å². The number of imidazole rings is 2. The van der Waals surface area contributed by atoms with Crippen LogP contribution in [0, 0.1) is 19.8 Å². The number of Topliss-reactive ketones (excluding diaryl/α,β-unsaturated/α-hetero) is 2. The number of pyridine rings is 1. The molecule has 1 aromatic carbocycles. The molecule has 5 aromatic heterocycles. The topological polar surface area (TPSA) is 200 Å². The van der Waals surface area contributed by atoms with Crippen molar-refractivity contribution in [3.8, 4) is 5.75 Å². The number of nitrogens with two attached hydrogens (primary N) is 1. The molecule has 290 valence electrons. The zero-order valence-corrected chi connectivity index (χ0v) is 31.6. The first-order valence-corrected chi connectivity index (χ1v) is 18.4. The minimum atomic E-state index is -0.677. The minimum absolute atomic E-state index is 0.0535. The van der Waals surface area contributed by atoms with E-state index in [1.54, 1.807) is 51.1 Å². The lowest BCUT2D eigenvalue weighted by Gasteiger charge is -2.13. The third-order valence-electron chi connectivity index (χ3n) is 9.54. The van der Waals surface area contributed by atoms with Gasteiger partial charge in [0.05, 0.1) is 36.5 Å². The van der Waals surface area contributed by atoms with Gasteiger partial charge in [-0.3, -0.25) is 33.9 Å². The molecule has 7 rings (SSSR count). The van der Waals surface area contributed by atoms with Gasteiger partial charge >= 0.3 is 0 Å². The normalized spacial score (nSPS) is 12.9. The van der Waals surface area contributed by atoms with Gasteiger partial charge in [-0.2, -0.15) is 10.2 Å². The lowest BCUT2D eigenvalue weighted by atomic mass is 10.1. The number of ether oxygens (including phenoxy) is 1. The first-order chi connectivity index (χ1) is 26.9. The number of anilines is 1. The van der Waals surface area contributed by atoms with E-state index >= 15 is 0 Å². The number of nitrogens with one attached hydrogen (secondary N) is 1. The van der Waals surface area contributed by atoms with Crippen molar-refractivity contribution < 1.29 is 28.3 Å². The molecule has 0 unspecified atom stereocenters. The van der Waals surface area contributed by atoms with Crippen molar-refractivity contribution in [1.82, 2.24) is 43.6 Å². The van der Waals surface area contributed by atoms with Crippen LogP contribution in [0.1, 0.15) is 85.6 Å². The summed E-state index contributed by atoms with van der Waals surface area (Å²) >= 11 is 0. The van der Waals surface area contributed by atoms with Crippen molar-refractivity contribution in [3.05, 3.63) is 88.4 Å². The maximum Gasteiger partial charge on any atom is 0.276 e. The van der Waals surface area contributed by atoms with Gasteiger partial charge in [-0.15, -0.1) is 0 Å². The maximum absolute atomic E-state index is 13.6. The summed E-state index contributed by atoms with van der Waals surface area (Å²) in [5.74, 6) is -0.0992. The summed E-state index contributed by atoms with van der Waals surface area (Å²) in [6, 6.07) is 8.12. The molecule has 1 fully saturated rings. The summed E-state index contributed by atoms with van der Waals surface area (Å²) in [6.07, 6.45) is 7.17. The fourth-order valence-corrected chi connectivity index (χ4v) is 6.57. The molecule has 0 saturated heterocycles. The number of carbonyl (C=O) groups excluding carboxylic acids is 4. The lowest BCUT2D eigenvalue weighted by molar-refractivity contribution is 0.0974. The fraction of sp³-hybridized carbons (Fsp3) is 0.359. The minimum Gasteiger partial charge on any atom is -0.491 e. The number of rotatable bonds is 17. The first-order valence-electron chi connectivity index (χ1n) is 18.4. The van der Waals surface area contributed by atoms with Crippen LogP contribution in [0.3, 0.4) is 0 Å². The second-order valence-corrected chi connectivity index (χ2v) is 13.9. The van der Waals surface area contributed by atoms with E-state index in [9.17, 15) is 23.6 Å². The number of hydrogen-bond donors (Lipinski definition) is 2. The van der Waals surface area contributed by atoms with E-state index in [-0.39, 0.29) is 54.8 Å². The molecule has 16 nitrogen and oxygen atoms in total. The Kier molecular flexibility index (Phi) is 10.6. The maximum atomic E-state index is 13.6. The van der Waals surface area contributed by atoms with Gasteiger partial charge in [0, 0.05) is 37.0 Å². The van der Waals surface area contributed by atoms with Crippen molar-refractivity contribution in [3.63, 3.8) is 0 Å². The van der Waals surface area contributed by atoms with Crippen LogP contribution in [-0.2, 0) is 32.6 Å². The Labute approximate surface area is 320 Å². The Bertz CT molecular complexity index is 2540. The van der Waals surface area contributed by atoms with Gasteiger partial charge in [0.15, 0.2) is 17.2 Å². The van der Waals surface area contributed by atoms with Gasteiger partial charge < -0.3 is 19.6 Å². The van der Waals surface area contributed by atoms with Crippen molar-refractivity contribution in [1.29, 1.82) is 0 Å². The summed E-state index contributed by atoms with van der Waals surface area (Å²) < 4.78 is 26.1. The molecule has 1 aliphatic carbocycles. The van der Waals surface area contributed by atoms with Gasteiger partial charge in [-0.1, -0.05) is 12.2 Å². The smallest absolute Gasteiger partial charge is 0.276 e. The number of amides is 2. The Morgan fingerprint density at radius 2 is 1.62 bits per heavy atom. The van der Waals surface area contributed by atoms with Crippen LogP contribution in [0.15, 0.2) is 48.7 Å². The number of ketones is 2. The molecule has 2 amide bonds. The predicted octanol–water partition coefficient (Wildman–Crippen LogP) is 4.80. The number of hydrogen-bond acceptors (Lipinski definition) is 10. The molecule has 6 aromatic rings. The number of alkyl halides is 1. The van der Waals surface area contributed by atoms with Crippen molar-refractivity contribution in [2.75, 3.05) is 18.6 Å². The molecule has 1 aliphatic rings. The van der Waals surface area contributed by atoms with Crippen LogP contribution in [0.5, 0.6) is 5.75 Å². The molecule has 0 aliphatic heterocycles. The number of aromatic nitrogens is 9. The summed E-state index contributed by atoms with van der Waals surface area (Å²) in [5, 5.41) is 11.6. The number of nitrogens with zero attached hydrogens (tertiary/aromatic N) is 9. The summed E-state index contributed by atoms with van der Waals surface area (Å²) in [7, 11) is 0. The lowest BCUT2D eigenvalue weighted by Crippen LogP contribution is -2.20. The highest BCUT2D eigenvalue weighted by atomic mass is 19.1. The summed E-state index contributed by atoms with van der Waals surface area (Å²) in [6.45, 7) is 7.52. The van der Waals surface area contributed by atoms with E-state index in [4.69, 9.17) is 20.4 Å². The highest BCUT2D eigenvalue weighted by molar-refractivity contribution is 6.04. The molecule has 0 atom stereocenters. The van der Waals surface area contributed by atoms with Crippen LogP contribution in [0.2, 0.25) is 0 Å². The Morgan fingerprint density at radius 1 is 0.929 bits per heavy atom. The highest BCUT2D eigenvalue weighted by Crippen LogP contribution is 2.34. The van der Waals surface area contributed by atoms with Crippen molar-refractivity contribution >= 4 is 51.5 Å². The number of fused-ring (bicyclic) bond motifs is 2. The molecule has 17 heteroatoms. The monoisotopic (exact) mass is 763 g/mol. The van der Waals surface area contributed by atoms with Crippen LogP contribution in [-0.4, -0.2) is 80.3 Å². The molecular weight excluding hydrogens is 721 g/mol. The molecule has 0 radical (unpaired) electrons. The fourth-order valence-electron chi connectivity index (χ4n) is 6.57. The summed E-state index contributed by atoms with van der Waals surface area (Å²) in [4.78, 5) is 65.7. The van der Waals surface area contributed by atoms with Gasteiger partial charge in [0.2, 0.25) is 11.9 Å². The molecule has 0 bridgehead atoms. The van der Waals surface area contributed by atoms with Crippen molar-refractivity contribution in [2.24, 2.45) is 11.7 Å². The van der Waals surface area contributed by atoms with E-state index in [1.165, 1.54) is 17.8 Å². The van der Waals surface area contributed by atoms with Crippen LogP contribution < -0.4 is 15.8 Å². The number of carbonyl (C=O) groups is 4. The largest absolute Gasteiger partial charge is 0.491 e. The highest BCUT2D eigenvalue weighted by Gasteiger charge is 2.26. The second-order valence-electron chi connectivity index (χ2n) is 13.9. The number of aryl methyl sites for hydroxylation is 4. The molecular formula is C39H42FN11O5. The van der Waals surface area contributed by atoms with E-state index in [0.717, 1.165) is 12.8 Å². The van der Waals surface area contributed by atoms with Crippen LogP contribution in [0.25, 0.3) is 22.2 Å². The third-order valence-corrected chi connectivity index (χ3v) is 9.54. The van der Waals surface area contributed by atoms with Gasteiger partial charge in [-0.05, 0) is 76.8 Å². The summed E-state index contributed by atoms with van der Waals surface area (Å²) in [5.41, 5.74) is 10.1. The van der Waals surface area contributed by atoms with Crippen LogP contribution in [0.4, 0.5) is 10.3 Å². The molecule has 56 heavy (non-hydrogen) atoms. The quantitative estimate of drug-likeness (QED) is 0.0960. The molecule has 0 spiro atoms. The average Bonchev–Trinajstić information content (AvgIpc) is 3.46. The average molecular weight is 764 g/mol. The zero-order chi connectivity index (χ0) is 39.7. The SMILES string of the molecule is CCn1nc(C)cc1C(=O)Nc1nc2cc(C(N)=O)cc(OCC3CC3)c2n1C/C=C/Cn1c(CC(=O)c2cc(C)nn2CCF)nc2cc(C(C)=O)cnc21. The van der Waals surface area contributed by atoms with Gasteiger partial charge in [0.25, 0.3) is 5.91 Å². The second kappa shape index (κ2) is 15.7.